The minimum atomic E-state index is -3.25. The molecule has 7 nitrogen and oxygen atoms in total. The van der Waals surface area contributed by atoms with E-state index in [0.717, 1.165) is 6.26 Å². The normalized spacial score (nSPS) is 17.1. The van der Waals surface area contributed by atoms with Crippen LogP contribution in [-0.2, 0) is 10.0 Å². The number of hydrogen-bond acceptors (Lipinski definition) is 5. The molecule has 1 heterocycles. The van der Waals surface area contributed by atoms with Gasteiger partial charge in [0.2, 0.25) is 10.0 Å². The average Bonchev–Trinajstić information content (AvgIpc) is 2.40. The maximum atomic E-state index is 12.2. The second-order valence-electron chi connectivity index (χ2n) is 4.63. The van der Waals surface area contributed by atoms with Crippen molar-refractivity contribution in [2.24, 2.45) is 0 Å². The molecule has 1 aromatic carbocycles. The first-order chi connectivity index (χ1) is 9.30. The van der Waals surface area contributed by atoms with Crippen molar-refractivity contribution in [3.8, 4) is 11.5 Å². The van der Waals surface area contributed by atoms with Gasteiger partial charge in [-0.15, -0.1) is 0 Å². The van der Waals surface area contributed by atoms with Gasteiger partial charge in [-0.3, -0.25) is 4.79 Å². The minimum Gasteiger partial charge on any atom is -0.504 e. The van der Waals surface area contributed by atoms with E-state index < -0.39 is 21.7 Å². The van der Waals surface area contributed by atoms with Crippen LogP contribution in [0.2, 0.25) is 0 Å². The molecular weight excluding hydrogens is 284 g/mol. The number of nitrogens with zero attached hydrogens (tertiary/aromatic N) is 2. The third-order valence-electron chi connectivity index (χ3n) is 3.24. The van der Waals surface area contributed by atoms with Crippen LogP contribution in [0.3, 0.4) is 0 Å². The number of para-hydroxylation sites is 1. The van der Waals surface area contributed by atoms with Crippen LogP contribution in [0.25, 0.3) is 0 Å². The first kappa shape index (κ1) is 14.6. The summed E-state index contributed by atoms with van der Waals surface area (Å²) in [4.78, 5) is 13.7. The monoisotopic (exact) mass is 300 g/mol. The quantitative estimate of drug-likeness (QED) is 0.738. The number of carbonyl (C=O) groups excluding carboxylic acids is 1. The molecule has 0 radical (unpaired) electrons. The number of carbonyl (C=O) groups is 1. The van der Waals surface area contributed by atoms with E-state index in [2.05, 4.69) is 0 Å². The molecule has 1 saturated heterocycles. The number of sulfonamides is 1. The standard InChI is InChI=1S/C12H16N2O5S/c1-20(18,19)14-7-5-13(6-8-14)12(17)9-3-2-4-10(15)11(9)16/h2-4,15-16H,5-8H2,1H3. The van der Waals surface area contributed by atoms with E-state index in [4.69, 9.17) is 0 Å². The highest BCUT2D eigenvalue weighted by Gasteiger charge is 2.28. The van der Waals surface area contributed by atoms with Crippen LogP contribution < -0.4 is 0 Å². The first-order valence-corrected chi connectivity index (χ1v) is 7.91. The van der Waals surface area contributed by atoms with Crippen molar-refractivity contribution in [2.45, 2.75) is 0 Å². The molecule has 1 aromatic rings. The molecule has 20 heavy (non-hydrogen) atoms. The zero-order valence-corrected chi connectivity index (χ0v) is 11.8. The molecule has 8 heteroatoms. The molecule has 0 atom stereocenters. The van der Waals surface area contributed by atoms with Crippen LogP contribution >= 0.6 is 0 Å². The lowest BCUT2D eigenvalue weighted by atomic mass is 10.1. The summed E-state index contributed by atoms with van der Waals surface area (Å²) in [6.07, 6.45) is 1.13. The molecule has 1 amide bonds. The molecule has 0 bridgehead atoms. The van der Waals surface area contributed by atoms with Gasteiger partial charge in [-0.1, -0.05) is 6.07 Å². The summed E-state index contributed by atoms with van der Waals surface area (Å²) < 4.78 is 24.1. The molecule has 0 aromatic heterocycles. The Morgan fingerprint density at radius 2 is 1.75 bits per heavy atom. The number of piperazine rings is 1. The molecule has 2 rings (SSSR count). The lowest BCUT2D eigenvalue weighted by Crippen LogP contribution is -2.50. The highest BCUT2D eigenvalue weighted by atomic mass is 32.2. The number of rotatable bonds is 2. The van der Waals surface area contributed by atoms with Gasteiger partial charge in [0.25, 0.3) is 5.91 Å². The maximum absolute atomic E-state index is 12.2. The van der Waals surface area contributed by atoms with Crippen LogP contribution in [0.4, 0.5) is 0 Å². The zero-order valence-electron chi connectivity index (χ0n) is 11.0. The number of phenols is 2. The number of hydrogen-bond donors (Lipinski definition) is 2. The molecule has 1 aliphatic rings. The van der Waals surface area contributed by atoms with Gasteiger partial charge in [-0.25, -0.2) is 8.42 Å². The van der Waals surface area contributed by atoms with Crippen molar-refractivity contribution in [3.05, 3.63) is 23.8 Å². The fraction of sp³-hybridized carbons (Fsp3) is 0.417. The summed E-state index contributed by atoms with van der Waals surface area (Å²) in [6, 6.07) is 4.17. The lowest BCUT2D eigenvalue weighted by Gasteiger charge is -2.33. The predicted octanol–water partition coefficient (Wildman–Crippen LogP) is -0.185. The molecule has 0 saturated carbocycles. The fourth-order valence-electron chi connectivity index (χ4n) is 2.10. The Balaban J connectivity index is 2.11. The summed E-state index contributed by atoms with van der Waals surface area (Å²) in [7, 11) is -3.25. The second-order valence-corrected chi connectivity index (χ2v) is 6.61. The SMILES string of the molecule is CS(=O)(=O)N1CCN(C(=O)c2cccc(O)c2O)CC1. The lowest BCUT2D eigenvalue weighted by molar-refractivity contribution is 0.0694. The maximum Gasteiger partial charge on any atom is 0.257 e. The van der Waals surface area contributed by atoms with E-state index in [1.54, 1.807) is 0 Å². The Labute approximate surface area is 117 Å². The van der Waals surface area contributed by atoms with Crippen LogP contribution in [0.5, 0.6) is 11.5 Å². The topological polar surface area (TPSA) is 98.2 Å². The summed E-state index contributed by atoms with van der Waals surface area (Å²) in [5.41, 5.74) is 0.0119. The van der Waals surface area contributed by atoms with E-state index in [0.29, 0.717) is 0 Å². The Morgan fingerprint density at radius 3 is 2.30 bits per heavy atom. The van der Waals surface area contributed by atoms with Crippen LogP contribution in [0, 0.1) is 0 Å². The van der Waals surface area contributed by atoms with Crippen LogP contribution in [0.1, 0.15) is 10.4 Å². The number of benzene rings is 1. The van der Waals surface area contributed by atoms with Crippen molar-refractivity contribution in [1.29, 1.82) is 0 Å². The summed E-state index contributed by atoms with van der Waals surface area (Å²) in [6.45, 7) is 0.955. The van der Waals surface area contributed by atoms with Gasteiger partial charge in [-0.2, -0.15) is 4.31 Å². The molecule has 0 aliphatic carbocycles. The van der Waals surface area contributed by atoms with Gasteiger partial charge in [0.15, 0.2) is 11.5 Å². The van der Waals surface area contributed by atoms with Gasteiger partial charge in [0, 0.05) is 26.2 Å². The highest BCUT2D eigenvalue weighted by Crippen LogP contribution is 2.29. The van der Waals surface area contributed by atoms with Crippen molar-refractivity contribution in [3.63, 3.8) is 0 Å². The first-order valence-electron chi connectivity index (χ1n) is 6.06. The Kier molecular flexibility index (Phi) is 3.87. The fourth-order valence-corrected chi connectivity index (χ4v) is 2.92. The van der Waals surface area contributed by atoms with Gasteiger partial charge in [-0.05, 0) is 12.1 Å². The van der Waals surface area contributed by atoms with E-state index in [1.807, 2.05) is 0 Å². The van der Waals surface area contributed by atoms with Crippen LogP contribution in [-0.4, -0.2) is 66.2 Å². The third-order valence-corrected chi connectivity index (χ3v) is 4.54. The Hall–Kier alpha value is -1.80. The molecule has 1 aliphatic heterocycles. The highest BCUT2D eigenvalue weighted by molar-refractivity contribution is 7.88. The van der Waals surface area contributed by atoms with E-state index in [-0.39, 0.29) is 37.5 Å². The van der Waals surface area contributed by atoms with Gasteiger partial charge in [0.1, 0.15) is 0 Å². The smallest absolute Gasteiger partial charge is 0.257 e. The summed E-state index contributed by atoms with van der Waals surface area (Å²) in [5, 5.41) is 19.1. The Morgan fingerprint density at radius 1 is 1.15 bits per heavy atom. The number of amides is 1. The second kappa shape index (κ2) is 5.29. The molecule has 110 valence electrons. The molecule has 1 fully saturated rings. The zero-order chi connectivity index (χ0) is 14.9. The van der Waals surface area contributed by atoms with E-state index in [1.165, 1.54) is 27.4 Å². The molecule has 0 spiro atoms. The van der Waals surface area contributed by atoms with Crippen molar-refractivity contribution in [2.75, 3.05) is 32.4 Å². The van der Waals surface area contributed by atoms with Gasteiger partial charge >= 0.3 is 0 Å². The summed E-state index contributed by atoms with van der Waals surface area (Å²) in [5.74, 6) is -1.24. The van der Waals surface area contributed by atoms with Crippen molar-refractivity contribution >= 4 is 15.9 Å². The van der Waals surface area contributed by atoms with Gasteiger partial charge in [0.05, 0.1) is 11.8 Å². The summed E-state index contributed by atoms with van der Waals surface area (Å²) >= 11 is 0. The molecule has 0 unspecified atom stereocenters. The Bertz CT molecular complexity index is 621. The predicted molar refractivity (Wildman–Crippen MR) is 72.1 cm³/mol. The molecular formula is C12H16N2O5S. The largest absolute Gasteiger partial charge is 0.504 e. The average molecular weight is 300 g/mol. The number of phenolic OH excluding ortho intramolecular Hbond substituents is 2. The van der Waals surface area contributed by atoms with E-state index in [9.17, 15) is 23.4 Å². The van der Waals surface area contributed by atoms with Crippen molar-refractivity contribution in [1.82, 2.24) is 9.21 Å². The minimum absolute atomic E-state index is 0.0119. The van der Waals surface area contributed by atoms with E-state index >= 15 is 0 Å². The van der Waals surface area contributed by atoms with Gasteiger partial charge < -0.3 is 15.1 Å². The van der Waals surface area contributed by atoms with Crippen molar-refractivity contribution < 1.29 is 23.4 Å². The number of aromatic hydroxyl groups is 2. The molecule has 2 N–H and O–H groups in total. The van der Waals surface area contributed by atoms with Crippen LogP contribution in [0.15, 0.2) is 18.2 Å². The third kappa shape index (κ3) is 2.86.